The Balaban J connectivity index is 0.000000362. The normalized spacial score (nSPS) is 17.7. The lowest BCUT2D eigenvalue weighted by Gasteiger charge is -2.22. The zero-order valence-corrected chi connectivity index (χ0v) is 13.1. The average molecular weight is 272 g/mol. The van der Waals surface area contributed by atoms with Gasteiger partial charge < -0.3 is 22.1 Å². The van der Waals surface area contributed by atoms with Crippen molar-refractivity contribution in [3.05, 3.63) is 0 Å². The molecule has 19 heavy (non-hydrogen) atoms. The molecule has 1 aliphatic carbocycles. The Morgan fingerprint density at radius 2 is 1.79 bits per heavy atom. The first-order chi connectivity index (χ1) is 9.28. The topological polar surface area (TPSA) is 76.1 Å². The van der Waals surface area contributed by atoms with Crippen molar-refractivity contribution in [3.63, 3.8) is 0 Å². The van der Waals surface area contributed by atoms with E-state index < -0.39 is 0 Å². The van der Waals surface area contributed by atoms with Crippen LogP contribution in [0.2, 0.25) is 0 Å². The van der Waals surface area contributed by atoms with Gasteiger partial charge in [-0.3, -0.25) is 0 Å². The number of hydrogen-bond donors (Lipinski definition) is 4. The molecule has 0 saturated heterocycles. The van der Waals surface area contributed by atoms with Crippen molar-refractivity contribution < 1.29 is 0 Å². The van der Waals surface area contributed by atoms with E-state index in [0.717, 1.165) is 38.5 Å². The van der Waals surface area contributed by atoms with Crippen LogP contribution in [-0.4, -0.2) is 38.8 Å². The summed E-state index contributed by atoms with van der Waals surface area (Å²) in [5, 5.41) is 6.72. The third kappa shape index (κ3) is 11.4. The summed E-state index contributed by atoms with van der Waals surface area (Å²) in [7, 11) is 1.98. The summed E-state index contributed by atoms with van der Waals surface area (Å²) < 4.78 is 0. The summed E-state index contributed by atoms with van der Waals surface area (Å²) in [6.45, 7) is 4.89. The lowest BCUT2D eigenvalue weighted by molar-refractivity contribution is 0.373. The second kappa shape index (κ2) is 14.3. The molecule has 1 saturated carbocycles. The van der Waals surface area contributed by atoms with Crippen LogP contribution in [0.15, 0.2) is 0 Å². The zero-order valence-electron chi connectivity index (χ0n) is 13.1. The highest BCUT2D eigenvalue weighted by Crippen LogP contribution is 2.16. The van der Waals surface area contributed by atoms with E-state index in [1.165, 1.54) is 38.5 Å². The van der Waals surface area contributed by atoms with E-state index in [9.17, 15) is 0 Å². The summed E-state index contributed by atoms with van der Waals surface area (Å²) in [5.41, 5.74) is 10.7. The highest BCUT2D eigenvalue weighted by molar-refractivity contribution is 4.71. The van der Waals surface area contributed by atoms with E-state index in [1.54, 1.807) is 0 Å². The predicted octanol–water partition coefficient (Wildman–Crippen LogP) is 1.59. The minimum absolute atomic E-state index is 0.625. The lowest BCUT2D eigenvalue weighted by atomic mass is 9.95. The van der Waals surface area contributed by atoms with Crippen molar-refractivity contribution in [1.82, 2.24) is 10.6 Å². The van der Waals surface area contributed by atoms with Gasteiger partial charge in [-0.1, -0.05) is 26.2 Å². The Labute approximate surface area is 120 Å². The monoisotopic (exact) mass is 272 g/mol. The van der Waals surface area contributed by atoms with Crippen LogP contribution in [0.25, 0.3) is 0 Å². The molecule has 0 aromatic heterocycles. The van der Waals surface area contributed by atoms with Gasteiger partial charge in [0.05, 0.1) is 0 Å². The fraction of sp³-hybridized carbons (Fsp3) is 1.00. The second-order valence-electron chi connectivity index (χ2n) is 5.40. The van der Waals surface area contributed by atoms with E-state index in [0.29, 0.717) is 6.04 Å². The molecule has 4 heteroatoms. The van der Waals surface area contributed by atoms with Gasteiger partial charge in [0, 0.05) is 12.1 Å². The molecule has 0 radical (unpaired) electrons. The molecule has 1 atom stereocenters. The van der Waals surface area contributed by atoms with Crippen LogP contribution in [0.1, 0.15) is 58.3 Å². The van der Waals surface area contributed by atoms with Crippen LogP contribution in [0.3, 0.4) is 0 Å². The Bertz CT molecular complexity index is 166. The van der Waals surface area contributed by atoms with Gasteiger partial charge in [-0.25, -0.2) is 0 Å². The van der Waals surface area contributed by atoms with Crippen molar-refractivity contribution in [2.45, 2.75) is 70.4 Å². The molecular weight excluding hydrogens is 236 g/mol. The maximum Gasteiger partial charge on any atom is 0.00734 e. The maximum atomic E-state index is 5.40. The van der Waals surface area contributed by atoms with Gasteiger partial charge in [0.25, 0.3) is 0 Å². The quantitative estimate of drug-likeness (QED) is 0.506. The van der Waals surface area contributed by atoms with Crippen LogP contribution < -0.4 is 22.1 Å². The number of hydrogen-bond acceptors (Lipinski definition) is 4. The minimum atomic E-state index is 0.625. The molecule has 1 aliphatic rings. The largest absolute Gasteiger partial charge is 0.330 e. The van der Waals surface area contributed by atoms with Gasteiger partial charge in [-0.2, -0.15) is 0 Å². The predicted molar refractivity (Wildman–Crippen MR) is 85.4 cm³/mol. The van der Waals surface area contributed by atoms with Crippen LogP contribution in [0.4, 0.5) is 0 Å². The molecule has 0 amide bonds. The number of nitrogens with two attached hydrogens (primary N) is 2. The molecule has 1 fully saturated rings. The summed E-state index contributed by atoms with van der Waals surface area (Å²) in [4.78, 5) is 0. The molecule has 116 valence electrons. The highest BCUT2D eigenvalue weighted by atomic mass is 14.9. The van der Waals surface area contributed by atoms with E-state index in [-0.39, 0.29) is 0 Å². The smallest absolute Gasteiger partial charge is 0.00734 e. The van der Waals surface area contributed by atoms with Gasteiger partial charge in [-0.05, 0) is 58.8 Å². The second-order valence-corrected chi connectivity index (χ2v) is 5.40. The molecule has 1 rings (SSSR count). The molecule has 0 aromatic carbocycles. The molecule has 0 heterocycles. The van der Waals surface area contributed by atoms with Crippen molar-refractivity contribution >= 4 is 0 Å². The molecule has 4 nitrogen and oxygen atoms in total. The Morgan fingerprint density at radius 1 is 1.11 bits per heavy atom. The van der Waals surface area contributed by atoms with Crippen molar-refractivity contribution in [1.29, 1.82) is 0 Å². The van der Waals surface area contributed by atoms with E-state index in [2.05, 4.69) is 17.6 Å². The molecular formula is C15H36N4. The van der Waals surface area contributed by atoms with Crippen LogP contribution in [0, 0.1) is 0 Å². The molecule has 0 spiro atoms. The first-order valence-electron chi connectivity index (χ1n) is 8.09. The SMILES string of the molecule is CCC(CCN)NC.NCCCNC1CCCCC1. The van der Waals surface area contributed by atoms with Gasteiger partial charge in [-0.15, -0.1) is 0 Å². The Kier molecular flexibility index (Phi) is 14.1. The third-order valence-electron chi connectivity index (χ3n) is 3.84. The first-order valence-corrected chi connectivity index (χ1v) is 8.09. The van der Waals surface area contributed by atoms with E-state index in [1.807, 2.05) is 7.05 Å². The zero-order chi connectivity index (χ0) is 14.3. The number of nitrogens with one attached hydrogen (secondary N) is 2. The Morgan fingerprint density at radius 3 is 2.21 bits per heavy atom. The van der Waals surface area contributed by atoms with Gasteiger partial charge >= 0.3 is 0 Å². The van der Waals surface area contributed by atoms with E-state index in [4.69, 9.17) is 11.5 Å². The molecule has 0 bridgehead atoms. The van der Waals surface area contributed by atoms with Crippen LogP contribution in [-0.2, 0) is 0 Å². The van der Waals surface area contributed by atoms with Gasteiger partial charge in [0.15, 0.2) is 0 Å². The van der Waals surface area contributed by atoms with Crippen molar-refractivity contribution in [2.24, 2.45) is 11.5 Å². The maximum absolute atomic E-state index is 5.40. The molecule has 0 aliphatic heterocycles. The molecule has 1 unspecified atom stereocenters. The minimum Gasteiger partial charge on any atom is -0.330 e. The first kappa shape index (κ1) is 18.8. The average Bonchev–Trinajstić information content (AvgIpc) is 2.47. The number of rotatable bonds is 8. The standard InChI is InChI=1S/C9H20N2.C6H16N2/c10-7-4-8-11-9-5-2-1-3-6-9;1-3-6(8-2)4-5-7/h9,11H,1-8,10H2;6,8H,3-5,7H2,1-2H3. The summed E-state index contributed by atoms with van der Waals surface area (Å²) >= 11 is 0. The Hall–Kier alpha value is -0.160. The third-order valence-corrected chi connectivity index (χ3v) is 3.84. The molecule has 0 aromatic rings. The fourth-order valence-corrected chi connectivity index (χ4v) is 2.47. The van der Waals surface area contributed by atoms with Crippen LogP contribution >= 0.6 is 0 Å². The van der Waals surface area contributed by atoms with E-state index >= 15 is 0 Å². The highest BCUT2D eigenvalue weighted by Gasteiger charge is 2.11. The molecule has 6 N–H and O–H groups in total. The van der Waals surface area contributed by atoms with Crippen molar-refractivity contribution in [2.75, 3.05) is 26.7 Å². The fourth-order valence-electron chi connectivity index (χ4n) is 2.47. The van der Waals surface area contributed by atoms with Crippen LogP contribution in [0.5, 0.6) is 0 Å². The summed E-state index contributed by atoms with van der Waals surface area (Å²) in [6, 6.07) is 1.43. The van der Waals surface area contributed by atoms with Crippen molar-refractivity contribution in [3.8, 4) is 0 Å². The summed E-state index contributed by atoms with van der Waals surface area (Å²) in [6.07, 6.45) is 10.4. The van der Waals surface area contributed by atoms with Gasteiger partial charge in [0.1, 0.15) is 0 Å². The lowest BCUT2D eigenvalue weighted by Crippen LogP contribution is -2.32. The summed E-state index contributed by atoms with van der Waals surface area (Å²) in [5.74, 6) is 0. The van der Waals surface area contributed by atoms with Gasteiger partial charge in [0.2, 0.25) is 0 Å².